The number of Topliss-reactive ketones (excluding diaryl/α,β-unsaturated/α-hetero) is 1. The molecule has 0 saturated heterocycles. The minimum atomic E-state index is -0.414. The molecule has 0 bridgehead atoms. The molecule has 2 heteroatoms. The van der Waals surface area contributed by atoms with Gasteiger partial charge in [0.25, 0.3) is 0 Å². The Balaban J connectivity index is 2.13. The van der Waals surface area contributed by atoms with Crippen molar-refractivity contribution in [1.82, 2.24) is 0 Å². The van der Waals surface area contributed by atoms with E-state index in [1.165, 1.54) is 25.7 Å². The van der Waals surface area contributed by atoms with E-state index in [-0.39, 0.29) is 5.92 Å². The zero-order valence-electron chi connectivity index (χ0n) is 12.7. The highest BCUT2D eigenvalue weighted by Crippen LogP contribution is 2.41. The summed E-state index contributed by atoms with van der Waals surface area (Å²) in [6.45, 7) is 4.95. The van der Waals surface area contributed by atoms with Crippen LogP contribution in [0.5, 0.6) is 0 Å². The fourth-order valence-corrected chi connectivity index (χ4v) is 4.24. The van der Waals surface area contributed by atoms with E-state index in [2.05, 4.69) is 6.92 Å². The first-order valence-corrected chi connectivity index (χ1v) is 8.41. The molecule has 0 aromatic carbocycles. The molecule has 110 valence electrons. The van der Waals surface area contributed by atoms with Gasteiger partial charge in [0, 0.05) is 12.5 Å². The largest absolute Gasteiger partial charge is 0.367 e. The van der Waals surface area contributed by atoms with Crippen molar-refractivity contribution in [2.45, 2.75) is 83.7 Å². The summed E-state index contributed by atoms with van der Waals surface area (Å²) in [5, 5.41) is 0. The molecule has 0 spiro atoms. The van der Waals surface area contributed by atoms with E-state index in [1.807, 2.05) is 6.92 Å². The Labute approximate surface area is 118 Å². The van der Waals surface area contributed by atoms with E-state index in [1.54, 1.807) is 0 Å². The van der Waals surface area contributed by atoms with Crippen LogP contribution in [-0.2, 0) is 9.53 Å². The Morgan fingerprint density at radius 3 is 2.37 bits per heavy atom. The minimum absolute atomic E-state index is 0.281. The van der Waals surface area contributed by atoms with Gasteiger partial charge in [-0.05, 0) is 38.5 Å². The summed E-state index contributed by atoms with van der Waals surface area (Å²) < 4.78 is 6.03. The molecule has 19 heavy (non-hydrogen) atoms. The Hall–Kier alpha value is -0.370. The molecule has 2 aliphatic carbocycles. The van der Waals surface area contributed by atoms with Crippen molar-refractivity contribution in [1.29, 1.82) is 0 Å². The number of carbonyl (C=O) groups excluding carboxylic acids is 1. The average Bonchev–Trinajstić information content (AvgIpc) is 2.47. The number of rotatable bonds is 5. The highest BCUT2D eigenvalue weighted by atomic mass is 16.5. The van der Waals surface area contributed by atoms with Gasteiger partial charge in [-0.25, -0.2) is 0 Å². The van der Waals surface area contributed by atoms with E-state index < -0.39 is 5.60 Å². The smallest absolute Gasteiger partial charge is 0.167 e. The van der Waals surface area contributed by atoms with Crippen LogP contribution in [0.3, 0.4) is 0 Å². The van der Waals surface area contributed by atoms with Crippen molar-refractivity contribution in [3.63, 3.8) is 0 Å². The molecule has 0 N–H and O–H groups in total. The van der Waals surface area contributed by atoms with Gasteiger partial charge in [-0.2, -0.15) is 0 Å². The van der Waals surface area contributed by atoms with Crippen LogP contribution in [0.2, 0.25) is 0 Å². The molecule has 2 fully saturated rings. The molecule has 2 atom stereocenters. The SMILES string of the molecule is CCOC1(C(=O)C2CCCCC2CC)CCCCC1. The molecule has 0 heterocycles. The van der Waals surface area contributed by atoms with Gasteiger partial charge in [0.1, 0.15) is 5.60 Å². The summed E-state index contributed by atoms with van der Waals surface area (Å²) >= 11 is 0. The zero-order valence-corrected chi connectivity index (χ0v) is 12.7. The molecular formula is C17H30O2. The molecule has 2 aliphatic rings. The quantitative estimate of drug-likeness (QED) is 0.731. The van der Waals surface area contributed by atoms with Crippen molar-refractivity contribution < 1.29 is 9.53 Å². The molecule has 0 aromatic rings. The molecule has 2 rings (SSSR count). The van der Waals surface area contributed by atoms with Crippen LogP contribution in [0, 0.1) is 11.8 Å². The summed E-state index contributed by atoms with van der Waals surface area (Å²) in [7, 11) is 0. The fraction of sp³-hybridized carbons (Fsp3) is 0.941. The standard InChI is InChI=1S/C17H30O2/c1-3-14-10-6-7-11-15(14)16(18)17(19-4-2)12-8-5-9-13-17/h14-15H,3-13H2,1-2H3. The van der Waals surface area contributed by atoms with Gasteiger partial charge >= 0.3 is 0 Å². The second kappa shape index (κ2) is 6.88. The van der Waals surface area contributed by atoms with E-state index in [9.17, 15) is 4.79 Å². The summed E-state index contributed by atoms with van der Waals surface area (Å²) in [4.78, 5) is 13.1. The number of hydrogen-bond acceptors (Lipinski definition) is 2. The predicted octanol–water partition coefficient (Wildman–Crippen LogP) is 4.51. The predicted molar refractivity (Wildman–Crippen MR) is 78.2 cm³/mol. The third-order valence-electron chi connectivity index (χ3n) is 5.30. The van der Waals surface area contributed by atoms with Crippen molar-refractivity contribution >= 4 is 5.78 Å². The van der Waals surface area contributed by atoms with Crippen LogP contribution in [0.15, 0.2) is 0 Å². The Morgan fingerprint density at radius 2 is 1.74 bits per heavy atom. The van der Waals surface area contributed by atoms with Crippen molar-refractivity contribution in [3.8, 4) is 0 Å². The van der Waals surface area contributed by atoms with Gasteiger partial charge in [-0.15, -0.1) is 0 Å². The van der Waals surface area contributed by atoms with E-state index in [0.717, 1.165) is 38.5 Å². The highest BCUT2D eigenvalue weighted by molar-refractivity contribution is 5.90. The van der Waals surface area contributed by atoms with Crippen LogP contribution < -0.4 is 0 Å². The second-order valence-electron chi connectivity index (χ2n) is 6.41. The molecule has 0 amide bonds. The van der Waals surface area contributed by atoms with Crippen molar-refractivity contribution in [2.75, 3.05) is 6.61 Å². The summed E-state index contributed by atoms with van der Waals surface area (Å²) in [5.41, 5.74) is -0.414. The number of ketones is 1. The lowest BCUT2D eigenvalue weighted by Gasteiger charge is -2.41. The van der Waals surface area contributed by atoms with Crippen LogP contribution in [0.1, 0.15) is 78.1 Å². The molecular weight excluding hydrogens is 236 g/mol. The minimum Gasteiger partial charge on any atom is -0.367 e. The van der Waals surface area contributed by atoms with Crippen LogP contribution in [0.25, 0.3) is 0 Å². The normalized spacial score (nSPS) is 31.1. The second-order valence-corrected chi connectivity index (χ2v) is 6.41. The van der Waals surface area contributed by atoms with Crippen molar-refractivity contribution in [3.05, 3.63) is 0 Å². The van der Waals surface area contributed by atoms with Gasteiger partial charge in [-0.3, -0.25) is 4.79 Å². The Bertz CT molecular complexity index is 286. The average molecular weight is 266 g/mol. The lowest BCUT2D eigenvalue weighted by Crippen LogP contribution is -2.48. The van der Waals surface area contributed by atoms with Crippen molar-refractivity contribution in [2.24, 2.45) is 11.8 Å². The first-order valence-electron chi connectivity index (χ1n) is 8.41. The maximum absolute atomic E-state index is 13.1. The molecule has 0 radical (unpaired) electrons. The number of hydrogen-bond donors (Lipinski definition) is 0. The first kappa shape index (κ1) is 15.0. The molecule has 0 aromatic heterocycles. The fourth-order valence-electron chi connectivity index (χ4n) is 4.24. The molecule has 2 unspecified atom stereocenters. The Kier molecular flexibility index (Phi) is 5.44. The topological polar surface area (TPSA) is 26.3 Å². The molecule has 2 nitrogen and oxygen atoms in total. The summed E-state index contributed by atoms with van der Waals surface area (Å²) in [6, 6.07) is 0. The van der Waals surface area contributed by atoms with Gasteiger partial charge < -0.3 is 4.74 Å². The van der Waals surface area contributed by atoms with Gasteiger partial charge in [0.2, 0.25) is 0 Å². The summed E-state index contributed by atoms with van der Waals surface area (Å²) in [6.07, 6.45) is 11.6. The van der Waals surface area contributed by atoms with Gasteiger partial charge in [-0.1, -0.05) is 45.4 Å². The molecule has 0 aliphatic heterocycles. The highest BCUT2D eigenvalue weighted by Gasteiger charge is 2.45. The lowest BCUT2D eigenvalue weighted by molar-refractivity contribution is -0.156. The lowest BCUT2D eigenvalue weighted by atomic mass is 9.68. The van der Waals surface area contributed by atoms with Gasteiger partial charge in [0.05, 0.1) is 0 Å². The third-order valence-corrected chi connectivity index (χ3v) is 5.30. The maximum atomic E-state index is 13.1. The van der Waals surface area contributed by atoms with Crippen LogP contribution in [-0.4, -0.2) is 18.0 Å². The van der Waals surface area contributed by atoms with E-state index >= 15 is 0 Å². The van der Waals surface area contributed by atoms with Gasteiger partial charge in [0.15, 0.2) is 5.78 Å². The molecule has 2 saturated carbocycles. The monoisotopic (exact) mass is 266 g/mol. The van der Waals surface area contributed by atoms with E-state index in [0.29, 0.717) is 18.3 Å². The Morgan fingerprint density at radius 1 is 1.05 bits per heavy atom. The van der Waals surface area contributed by atoms with Crippen LogP contribution >= 0.6 is 0 Å². The number of ether oxygens (including phenoxy) is 1. The van der Waals surface area contributed by atoms with Crippen LogP contribution in [0.4, 0.5) is 0 Å². The maximum Gasteiger partial charge on any atom is 0.167 e. The van der Waals surface area contributed by atoms with E-state index in [4.69, 9.17) is 4.74 Å². The third kappa shape index (κ3) is 3.21. The summed E-state index contributed by atoms with van der Waals surface area (Å²) in [5.74, 6) is 1.35. The number of carbonyl (C=O) groups is 1. The zero-order chi connectivity index (χ0) is 13.7. The first-order chi connectivity index (χ1) is 9.23.